The Kier molecular flexibility index (Phi) is 4.63. The summed E-state index contributed by atoms with van der Waals surface area (Å²) >= 11 is 5.57. The van der Waals surface area contributed by atoms with Crippen molar-refractivity contribution < 1.29 is 5.11 Å². The van der Waals surface area contributed by atoms with Crippen molar-refractivity contribution in [1.29, 1.82) is 0 Å². The number of hydrogen-bond acceptors (Lipinski definition) is 5. The summed E-state index contributed by atoms with van der Waals surface area (Å²) in [5.74, 6) is 0. The maximum Gasteiger partial charge on any atom is 0.170 e. The van der Waals surface area contributed by atoms with Crippen LogP contribution in [0.5, 0.6) is 0 Å². The number of aryl methyl sites for hydroxylation is 1. The summed E-state index contributed by atoms with van der Waals surface area (Å²) in [5, 5.41) is 21.4. The largest absolute Gasteiger partial charge is 0.395 e. The maximum atomic E-state index is 9.57. The first kappa shape index (κ1) is 17.6. The fourth-order valence-electron chi connectivity index (χ4n) is 3.82. The summed E-state index contributed by atoms with van der Waals surface area (Å²) < 4.78 is 3.91. The minimum Gasteiger partial charge on any atom is -0.395 e. The van der Waals surface area contributed by atoms with Crippen LogP contribution in [0, 0.1) is 13.8 Å². The third-order valence-corrected chi connectivity index (χ3v) is 5.28. The molecule has 8 nitrogen and oxygen atoms in total. The Labute approximate surface area is 162 Å². The van der Waals surface area contributed by atoms with Crippen molar-refractivity contribution in [1.82, 2.24) is 34.8 Å². The average Bonchev–Trinajstić information content (AvgIpc) is 3.36. The molecule has 0 bridgehead atoms. The van der Waals surface area contributed by atoms with Gasteiger partial charge in [0, 0.05) is 29.7 Å². The molecule has 3 aromatic rings. The number of aliphatic hydroxyl groups excluding tert-OH is 1. The first-order chi connectivity index (χ1) is 13.1. The zero-order valence-corrected chi connectivity index (χ0v) is 16.0. The van der Waals surface area contributed by atoms with Gasteiger partial charge >= 0.3 is 0 Å². The Morgan fingerprint density at radius 3 is 2.67 bits per heavy atom. The molecule has 4 heterocycles. The van der Waals surface area contributed by atoms with Crippen LogP contribution in [0.25, 0.3) is 0 Å². The second-order valence-electron chi connectivity index (χ2n) is 6.52. The molecule has 1 aliphatic heterocycles. The molecular weight excluding hydrogens is 362 g/mol. The highest BCUT2D eigenvalue weighted by atomic mass is 32.1. The second-order valence-corrected chi connectivity index (χ2v) is 6.91. The first-order valence-corrected chi connectivity index (χ1v) is 9.15. The number of aliphatic hydroxyl groups is 1. The average molecular weight is 383 g/mol. The highest BCUT2D eigenvalue weighted by Gasteiger charge is 2.41. The van der Waals surface area contributed by atoms with E-state index in [9.17, 15) is 5.11 Å². The summed E-state index contributed by atoms with van der Waals surface area (Å²) in [6, 6.07) is 7.84. The molecule has 27 heavy (non-hydrogen) atoms. The van der Waals surface area contributed by atoms with Gasteiger partial charge in [0.05, 0.1) is 24.4 Å². The molecule has 3 aromatic heterocycles. The van der Waals surface area contributed by atoms with E-state index in [0.717, 1.165) is 22.6 Å². The Balaban J connectivity index is 1.83. The smallest absolute Gasteiger partial charge is 0.170 e. The summed E-state index contributed by atoms with van der Waals surface area (Å²) in [6.45, 7) is 4.59. The van der Waals surface area contributed by atoms with E-state index >= 15 is 0 Å². The minimum absolute atomic E-state index is 0.0252. The highest BCUT2D eigenvalue weighted by Crippen LogP contribution is 2.40. The molecule has 1 aliphatic rings. The van der Waals surface area contributed by atoms with E-state index in [-0.39, 0.29) is 18.7 Å². The van der Waals surface area contributed by atoms with Gasteiger partial charge in [-0.15, -0.1) is 10.2 Å². The first-order valence-electron chi connectivity index (χ1n) is 8.75. The molecule has 0 radical (unpaired) electrons. The molecule has 2 atom stereocenters. The number of nitrogens with one attached hydrogen (secondary N) is 1. The quantitative estimate of drug-likeness (QED) is 0.644. The minimum atomic E-state index is -0.0971. The Morgan fingerprint density at radius 1 is 1.22 bits per heavy atom. The molecule has 0 aliphatic carbocycles. The molecule has 0 saturated carbocycles. The molecule has 2 unspecified atom stereocenters. The van der Waals surface area contributed by atoms with E-state index in [2.05, 4.69) is 38.2 Å². The fourth-order valence-corrected chi connectivity index (χ4v) is 4.16. The highest BCUT2D eigenvalue weighted by molar-refractivity contribution is 7.80. The van der Waals surface area contributed by atoms with Gasteiger partial charge < -0.3 is 15.3 Å². The van der Waals surface area contributed by atoms with Gasteiger partial charge in [0.15, 0.2) is 5.11 Å². The van der Waals surface area contributed by atoms with Crippen LogP contribution in [0.2, 0.25) is 0 Å². The van der Waals surface area contributed by atoms with Crippen molar-refractivity contribution >= 4 is 17.3 Å². The van der Waals surface area contributed by atoms with Crippen molar-refractivity contribution in [2.75, 3.05) is 13.2 Å². The Hall–Kier alpha value is -2.78. The van der Waals surface area contributed by atoms with E-state index in [4.69, 9.17) is 12.2 Å². The lowest BCUT2D eigenvalue weighted by Crippen LogP contribution is -2.32. The van der Waals surface area contributed by atoms with E-state index in [1.54, 1.807) is 18.9 Å². The molecule has 1 saturated heterocycles. The van der Waals surface area contributed by atoms with Gasteiger partial charge in [0.2, 0.25) is 0 Å². The predicted molar refractivity (Wildman–Crippen MR) is 104 cm³/mol. The number of thiocarbonyl (C=S) groups is 1. The summed E-state index contributed by atoms with van der Waals surface area (Å²) in [6.07, 6.45) is 5.12. The van der Waals surface area contributed by atoms with Crippen molar-refractivity contribution in [3.8, 4) is 0 Å². The van der Waals surface area contributed by atoms with Gasteiger partial charge in [0.1, 0.15) is 12.7 Å². The van der Waals surface area contributed by atoms with Crippen LogP contribution < -0.4 is 5.32 Å². The third kappa shape index (κ3) is 2.98. The SMILES string of the molecule is Cc1cc(C2C(c3ccccn3)NC(=S)N2CCO)c(C)n1-n1cnnc1. The van der Waals surface area contributed by atoms with Crippen LogP contribution in [0.4, 0.5) is 0 Å². The van der Waals surface area contributed by atoms with Crippen LogP contribution in [0.1, 0.15) is 34.7 Å². The van der Waals surface area contributed by atoms with E-state index < -0.39 is 0 Å². The van der Waals surface area contributed by atoms with Gasteiger partial charge in [-0.1, -0.05) is 6.07 Å². The van der Waals surface area contributed by atoms with Crippen molar-refractivity contribution in [3.63, 3.8) is 0 Å². The van der Waals surface area contributed by atoms with Crippen LogP contribution in [-0.2, 0) is 0 Å². The molecule has 140 valence electrons. The number of hydrogen-bond donors (Lipinski definition) is 2. The second kappa shape index (κ2) is 7.09. The van der Waals surface area contributed by atoms with Gasteiger partial charge in [-0.05, 0) is 44.3 Å². The van der Waals surface area contributed by atoms with Crippen LogP contribution in [0.3, 0.4) is 0 Å². The molecule has 2 N–H and O–H groups in total. The van der Waals surface area contributed by atoms with Gasteiger partial charge in [-0.2, -0.15) is 0 Å². The molecule has 1 fully saturated rings. The number of nitrogens with zero attached hydrogens (tertiary/aromatic N) is 6. The van der Waals surface area contributed by atoms with Crippen molar-refractivity contribution in [3.05, 3.63) is 65.8 Å². The topological polar surface area (TPSA) is 84.0 Å². The standard InChI is InChI=1S/C18H21N7OS/c1-12-9-14(13(2)25(12)23-10-20-21-11-23)17-16(15-5-3-4-6-19-15)22-18(27)24(17)7-8-26/h3-6,9-11,16-17,26H,7-8H2,1-2H3,(H,22,27). The Bertz CT molecular complexity index is 938. The molecule has 0 spiro atoms. The molecule has 0 amide bonds. The number of aromatic nitrogens is 5. The van der Waals surface area contributed by atoms with Crippen molar-refractivity contribution in [2.24, 2.45) is 0 Å². The van der Waals surface area contributed by atoms with E-state index in [1.165, 1.54) is 0 Å². The lowest BCUT2D eigenvalue weighted by Gasteiger charge is -2.27. The normalized spacial score (nSPS) is 19.5. The molecular formula is C18H21N7OS. The van der Waals surface area contributed by atoms with Crippen LogP contribution >= 0.6 is 12.2 Å². The zero-order chi connectivity index (χ0) is 19.0. The van der Waals surface area contributed by atoms with Crippen molar-refractivity contribution in [2.45, 2.75) is 25.9 Å². The molecule has 9 heteroatoms. The van der Waals surface area contributed by atoms with Gasteiger partial charge in [-0.3, -0.25) is 9.66 Å². The summed E-state index contributed by atoms with van der Waals surface area (Å²) in [7, 11) is 0. The molecule has 4 rings (SSSR count). The molecule has 0 aromatic carbocycles. The lowest BCUT2D eigenvalue weighted by molar-refractivity contribution is 0.222. The summed E-state index contributed by atoms with van der Waals surface area (Å²) in [4.78, 5) is 6.57. The lowest BCUT2D eigenvalue weighted by atomic mass is 9.97. The Morgan fingerprint density at radius 2 is 2.00 bits per heavy atom. The van der Waals surface area contributed by atoms with Crippen LogP contribution in [0.15, 0.2) is 43.1 Å². The van der Waals surface area contributed by atoms with Crippen LogP contribution in [-0.4, -0.2) is 52.8 Å². The number of rotatable bonds is 5. The summed E-state index contributed by atoms with van der Waals surface area (Å²) in [5.41, 5.74) is 4.16. The van der Waals surface area contributed by atoms with Gasteiger partial charge in [0.25, 0.3) is 0 Å². The monoisotopic (exact) mass is 383 g/mol. The van der Waals surface area contributed by atoms with E-state index in [1.807, 2.05) is 34.7 Å². The fraction of sp³-hybridized carbons (Fsp3) is 0.333. The maximum absolute atomic E-state index is 9.57. The zero-order valence-electron chi connectivity index (χ0n) is 15.1. The predicted octanol–water partition coefficient (Wildman–Crippen LogP) is 1.37. The number of β-amino-alcohol motifs (C(OH)–C–C–N with tert-alkyl or cyclic N) is 1. The number of pyridine rings is 1. The van der Waals surface area contributed by atoms with Gasteiger partial charge in [-0.25, -0.2) is 4.68 Å². The van der Waals surface area contributed by atoms with E-state index in [0.29, 0.717) is 11.7 Å². The third-order valence-electron chi connectivity index (χ3n) is 4.93.